The standard InChI is InChI=1S/C28H32N4O3/c1-5-14-29-26(33)22(16-20-10-8-7-9-11-20)32-17-23-24(27(32)34)25(30-28(35)31(23)6-2)21-13-12-18(3)15-19(21)4/h5,7-13,15,22,25H,1,6,14,16-17H2,2-4H3,(H,29,33)(H,30,35)/t22-,25-/m0/s1. The summed E-state index contributed by atoms with van der Waals surface area (Å²) in [6, 6.07) is 14.1. The maximum absolute atomic E-state index is 14.0. The van der Waals surface area contributed by atoms with Gasteiger partial charge in [0, 0.05) is 19.5 Å². The number of nitrogens with one attached hydrogen (secondary N) is 2. The second-order valence-electron chi connectivity index (χ2n) is 9.02. The molecule has 0 spiro atoms. The highest BCUT2D eigenvalue weighted by Crippen LogP contribution is 2.38. The van der Waals surface area contributed by atoms with Crippen LogP contribution in [0.1, 0.15) is 35.2 Å². The number of likely N-dealkylation sites (N-methyl/N-ethyl adjacent to an activating group) is 1. The largest absolute Gasteiger partial charge is 0.351 e. The predicted octanol–water partition coefficient (Wildman–Crippen LogP) is 3.40. The highest BCUT2D eigenvalue weighted by atomic mass is 16.2. The molecule has 0 fully saturated rings. The maximum atomic E-state index is 14.0. The summed E-state index contributed by atoms with van der Waals surface area (Å²) in [6.45, 7) is 10.5. The Morgan fingerprint density at radius 2 is 1.94 bits per heavy atom. The zero-order chi connectivity index (χ0) is 25.1. The minimum atomic E-state index is -0.718. The van der Waals surface area contributed by atoms with Crippen molar-refractivity contribution in [2.45, 2.75) is 39.3 Å². The molecule has 2 atom stereocenters. The van der Waals surface area contributed by atoms with Gasteiger partial charge in [0.15, 0.2) is 0 Å². The van der Waals surface area contributed by atoms with Crippen molar-refractivity contribution in [2.24, 2.45) is 0 Å². The lowest BCUT2D eigenvalue weighted by Crippen LogP contribution is -2.50. The molecule has 7 heteroatoms. The first-order chi connectivity index (χ1) is 16.8. The Balaban J connectivity index is 1.74. The molecule has 0 unspecified atom stereocenters. The summed E-state index contributed by atoms with van der Waals surface area (Å²) >= 11 is 0. The summed E-state index contributed by atoms with van der Waals surface area (Å²) in [6.07, 6.45) is 1.99. The molecule has 2 aromatic rings. The summed E-state index contributed by atoms with van der Waals surface area (Å²) in [5.41, 5.74) is 5.16. The van der Waals surface area contributed by atoms with E-state index < -0.39 is 12.1 Å². The van der Waals surface area contributed by atoms with Crippen LogP contribution in [0.25, 0.3) is 0 Å². The highest BCUT2D eigenvalue weighted by molar-refractivity contribution is 6.03. The molecule has 182 valence electrons. The molecule has 2 aromatic carbocycles. The van der Waals surface area contributed by atoms with E-state index >= 15 is 0 Å². The molecule has 0 aromatic heterocycles. The summed E-state index contributed by atoms with van der Waals surface area (Å²) in [4.78, 5) is 43.5. The SMILES string of the molecule is C=CCNC(=O)[C@H](Cc1ccccc1)N1CC2=C(C1=O)[C@H](c1ccc(C)cc1C)NC(=O)N2CC. The second kappa shape index (κ2) is 10.2. The number of benzene rings is 2. The van der Waals surface area contributed by atoms with Crippen molar-refractivity contribution in [3.8, 4) is 0 Å². The maximum Gasteiger partial charge on any atom is 0.322 e. The Morgan fingerprint density at radius 3 is 2.60 bits per heavy atom. The fraction of sp³-hybridized carbons (Fsp3) is 0.321. The van der Waals surface area contributed by atoms with Crippen LogP contribution < -0.4 is 10.6 Å². The molecule has 0 bridgehead atoms. The van der Waals surface area contributed by atoms with Gasteiger partial charge in [-0.3, -0.25) is 14.5 Å². The van der Waals surface area contributed by atoms with E-state index in [1.807, 2.05) is 69.3 Å². The smallest absolute Gasteiger partial charge is 0.322 e. The first-order valence-electron chi connectivity index (χ1n) is 12.0. The number of aryl methyl sites for hydroxylation is 2. The summed E-state index contributed by atoms with van der Waals surface area (Å²) in [5.74, 6) is -0.467. The summed E-state index contributed by atoms with van der Waals surface area (Å²) in [5, 5.41) is 5.89. The fourth-order valence-corrected chi connectivity index (χ4v) is 4.95. The first kappa shape index (κ1) is 24.3. The lowest BCUT2D eigenvalue weighted by atomic mass is 9.91. The average molecular weight is 473 g/mol. The van der Waals surface area contributed by atoms with Crippen LogP contribution in [-0.4, -0.2) is 53.3 Å². The monoisotopic (exact) mass is 472 g/mol. The highest BCUT2D eigenvalue weighted by Gasteiger charge is 2.47. The van der Waals surface area contributed by atoms with Crippen LogP contribution in [0.4, 0.5) is 4.79 Å². The van der Waals surface area contributed by atoms with E-state index in [-0.39, 0.29) is 24.4 Å². The van der Waals surface area contributed by atoms with E-state index in [1.165, 1.54) is 0 Å². The van der Waals surface area contributed by atoms with Crippen molar-refractivity contribution in [1.29, 1.82) is 0 Å². The molecule has 0 radical (unpaired) electrons. The van der Waals surface area contributed by atoms with E-state index in [9.17, 15) is 14.4 Å². The van der Waals surface area contributed by atoms with Crippen LogP contribution in [0.3, 0.4) is 0 Å². The normalized spacial score (nSPS) is 18.3. The minimum absolute atomic E-state index is 0.204. The van der Waals surface area contributed by atoms with Crippen LogP contribution in [0, 0.1) is 13.8 Å². The summed E-state index contributed by atoms with van der Waals surface area (Å²) in [7, 11) is 0. The second-order valence-corrected chi connectivity index (χ2v) is 9.02. The topological polar surface area (TPSA) is 81.8 Å². The zero-order valence-electron chi connectivity index (χ0n) is 20.5. The third kappa shape index (κ3) is 4.71. The molecule has 0 saturated carbocycles. The molecular formula is C28H32N4O3. The molecule has 2 aliphatic heterocycles. The number of amides is 4. The zero-order valence-corrected chi connectivity index (χ0v) is 20.5. The fourth-order valence-electron chi connectivity index (χ4n) is 4.95. The van der Waals surface area contributed by atoms with E-state index in [2.05, 4.69) is 17.2 Å². The third-order valence-electron chi connectivity index (χ3n) is 6.67. The number of hydrogen-bond acceptors (Lipinski definition) is 3. The van der Waals surface area contributed by atoms with Gasteiger partial charge in [-0.2, -0.15) is 0 Å². The van der Waals surface area contributed by atoms with E-state index in [0.29, 0.717) is 30.8 Å². The number of carbonyl (C=O) groups excluding carboxylic acids is 3. The number of urea groups is 1. The Kier molecular flexibility index (Phi) is 7.05. The predicted molar refractivity (Wildman–Crippen MR) is 135 cm³/mol. The van der Waals surface area contributed by atoms with Gasteiger partial charge in [-0.15, -0.1) is 6.58 Å². The van der Waals surface area contributed by atoms with Crippen molar-refractivity contribution >= 4 is 17.8 Å². The van der Waals surface area contributed by atoms with Gasteiger partial charge in [-0.05, 0) is 37.5 Å². The van der Waals surface area contributed by atoms with Gasteiger partial charge in [0.2, 0.25) is 5.91 Å². The Bertz CT molecular complexity index is 1190. The first-order valence-corrected chi connectivity index (χ1v) is 12.0. The van der Waals surface area contributed by atoms with E-state index in [1.54, 1.807) is 15.9 Å². The Hall–Kier alpha value is -3.87. The van der Waals surface area contributed by atoms with Gasteiger partial charge in [-0.25, -0.2) is 4.79 Å². The number of rotatable bonds is 8. The van der Waals surface area contributed by atoms with Crippen molar-refractivity contribution in [1.82, 2.24) is 20.4 Å². The van der Waals surface area contributed by atoms with Crippen molar-refractivity contribution < 1.29 is 14.4 Å². The molecule has 0 saturated heterocycles. The van der Waals surface area contributed by atoms with Crippen LogP contribution in [0.2, 0.25) is 0 Å². The Labute approximate surface area is 206 Å². The van der Waals surface area contributed by atoms with Gasteiger partial charge in [0.05, 0.1) is 23.9 Å². The van der Waals surface area contributed by atoms with Gasteiger partial charge in [-0.1, -0.05) is 60.2 Å². The van der Waals surface area contributed by atoms with Gasteiger partial charge >= 0.3 is 6.03 Å². The molecule has 2 N–H and O–H groups in total. The number of hydrogen-bond donors (Lipinski definition) is 2. The van der Waals surface area contributed by atoms with Crippen LogP contribution in [0.15, 0.2) is 72.5 Å². The van der Waals surface area contributed by atoms with Crippen molar-refractivity contribution in [3.05, 3.63) is 94.7 Å². The molecular weight excluding hydrogens is 440 g/mol. The lowest BCUT2D eigenvalue weighted by molar-refractivity contribution is -0.136. The average Bonchev–Trinajstić information content (AvgIpc) is 3.18. The van der Waals surface area contributed by atoms with Gasteiger partial charge in [0.25, 0.3) is 5.91 Å². The van der Waals surface area contributed by atoms with Crippen LogP contribution in [-0.2, 0) is 16.0 Å². The molecule has 2 aliphatic rings. The molecule has 4 amide bonds. The van der Waals surface area contributed by atoms with Crippen LogP contribution in [0.5, 0.6) is 0 Å². The van der Waals surface area contributed by atoms with Crippen molar-refractivity contribution in [2.75, 3.05) is 19.6 Å². The molecule has 7 nitrogen and oxygen atoms in total. The quantitative estimate of drug-likeness (QED) is 0.578. The lowest BCUT2D eigenvalue weighted by Gasteiger charge is -2.33. The number of nitrogens with zero attached hydrogens (tertiary/aromatic N) is 2. The number of carbonyl (C=O) groups is 3. The van der Waals surface area contributed by atoms with Crippen LogP contribution >= 0.6 is 0 Å². The summed E-state index contributed by atoms with van der Waals surface area (Å²) < 4.78 is 0. The third-order valence-corrected chi connectivity index (χ3v) is 6.67. The molecule has 0 aliphatic carbocycles. The van der Waals surface area contributed by atoms with E-state index in [4.69, 9.17) is 0 Å². The van der Waals surface area contributed by atoms with E-state index in [0.717, 1.165) is 22.3 Å². The molecule has 4 rings (SSSR count). The molecule has 2 heterocycles. The Morgan fingerprint density at radius 1 is 1.20 bits per heavy atom. The minimum Gasteiger partial charge on any atom is -0.351 e. The molecule has 35 heavy (non-hydrogen) atoms. The van der Waals surface area contributed by atoms with Gasteiger partial charge < -0.3 is 15.5 Å². The van der Waals surface area contributed by atoms with Crippen molar-refractivity contribution in [3.63, 3.8) is 0 Å². The van der Waals surface area contributed by atoms with Gasteiger partial charge in [0.1, 0.15) is 6.04 Å².